The molecule has 1 atom stereocenters. The Morgan fingerprint density at radius 3 is 2.52 bits per heavy atom. The lowest BCUT2D eigenvalue weighted by molar-refractivity contribution is -0.0523. The standard InChI is InChI=1S/C19H23F2N3O/c1-11-9-13(12(2)22)15-14(10-11)16(25)24-8-7-18(17(24)23-15)3-5-19(20,21)6-4-18/h9-10,12H,3-8,22H2,1-2H3/t12-/m1/s1. The number of nitrogens with zero attached hydrogens (tertiary/aromatic N) is 2. The number of benzene rings is 1. The predicted molar refractivity (Wildman–Crippen MR) is 93.1 cm³/mol. The van der Waals surface area contributed by atoms with Gasteiger partial charge in [0.25, 0.3) is 5.56 Å². The van der Waals surface area contributed by atoms with Crippen molar-refractivity contribution in [2.45, 2.75) is 69.9 Å². The number of fused-ring (bicyclic) bond motifs is 3. The highest BCUT2D eigenvalue weighted by molar-refractivity contribution is 5.82. The van der Waals surface area contributed by atoms with Crippen LogP contribution in [-0.4, -0.2) is 15.5 Å². The Bertz CT molecular complexity index is 907. The molecule has 134 valence electrons. The average Bonchev–Trinajstić information content (AvgIpc) is 2.90. The molecule has 2 N–H and O–H groups in total. The SMILES string of the molecule is Cc1cc([C@@H](C)N)c2nc3n(c(=O)c2c1)CCC31CCC(F)(F)CC1. The Morgan fingerprint density at radius 2 is 1.88 bits per heavy atom. The summed E-state index contributed by atoms with van der Waals surface area (Å²) in [6, 6.07) is 3.57. The first-order chi connectivity index (χ1) is 11.7. The molecule has 6 heteroatoms. The van der Waals surface area contributed by atoms with Crippen LogP contribution in [0.15, 0.2) is 16.9 Å². The van der Waals surface area contributed by atoms with Gasteiger partial charge in [-0.15, -0.1) is 0 Å². The van der Waals surface area contributed by atoms with Gasteiger partial charge in [0.05, 0.1) is 10.9 Å². The number of hydrogen-bond acceptors (Lipinski definition) is 3. The maximum Gasteiger partial charge on any atom is 0.261 e. The van der Waals surface area contributed by atoms with E-state index < -0.39 is 11.3 Å². The lowest BCUT2D eigenvalue weighted by atomic mass is 9.71. The van der Waals surface area contributed by atoms with Gasteiger partial charge >= 0.3 is 0 Å². The molecule has 2 aromatic rings. The maximum absolute atomic E-state index is 13.7. The second-order valence-electron chi connectivity index (χ2n) is 7.82. The topological polar surface area (TPSA) is 60.9 Å². The number of aromatic nitrogens is 2. The molecule has 1 saturated carbocycles. The van der Waals surface area contributed by atoms with Crippen molar-refractivity contribution >= 4 is 10.9 Å². The van der Waals surface area contributed by atoms with E-state index in [1.807, 2.05) is 26.0 Å². The molecule has 0 amide bonds. The summed E-state index contributed by atoms with van der Waals surface area (Å²) in [5, 5.41) is 0.578. The number of nitrogens with two attached hydrogens (primary N) is 1. The number of hydrogen-bond donors (Lipinski definition) is 1. The number of rotatable bonds is 1. The Balaban J connectivity index is 1.94. The minimum Gasteiger partial charge on any atom is -0.324 e. The van der Waals surface area contributed by atoms with E-state index in [1.54, 1.807) is 4.57 Å². The maximum atomic E-state index is 13.7. The highest BCUT2D eigenvalue weighted by atomic mass is 19.3. The normalized spacial score (nSPS) is 22.3. The highest BCUT2D eigenvalue weighted by Gasteiger charge is 2.49. The van der Waals surface area contributed by atoms with Crippen molar-refractivity contribution in [2.75, 3.05) is 0 Å². The number of halogens is 2. The van der Waals surface area contributed by atoms with Crippen molar-refractivity contribution in [3.63, 3.8) is 0 Å². The summed E-state index contributed by atoms with van der Waals surface area (Å²) in [7, 11) is 0. The number of aryl methyl sites for hydroxylation is 1. The Kier molecular flexibility index (Phi) is 3.55. The van der Waals surface area contributed by atoms with Gasteiger partial charge in [0, 0.05) is 30.8 Å². The largest absolute Gasteiger partial charge is 0.324 e. The third-order valence-corrected chi connectivity index (χ3v) is 5.95. The van der Waals surface area contributed by atoms with Crippen LogP contribution < -0.4 is 11.3 Å². The van der Waals surface area contributed by atoms with Crippen LogP contribution in [0.4, 0.5) is 8.78 Å². The lowest BCUT2D eigenvalue weighted by Crippen LogP contribution is -2.37. The van der Waals surface area contributed by atoms with Crippen LogP contribution in [0.2, 0.25) is 0 Å². The summed E-state index contributed by atoms with van der Waals surface area (Å²) in [5.74, 6) is -1.91. The first-order valence-electron chi connectivity index (χ1n) is 8.91. The first-order valence-corrected chi connectivity index (χ1v) is 8.91. The zero-order valence-electron chi connectivity index (χ0n) is 14.6. The van der Waals surface area contributed by atoms with Gasteiger partial charge in [-0.2, -0.15) is 0 Å². The van der Waals surface area contributed by atoms with Gasteiger partial charge in [-0.1, -0.05) is 6.07 Å². The molecule has 1 aliphatic heterocycles. The lowest BCUT2D eigenvalue weighted by Gasteiger charge is -2.36. The van der Waals surface area contributed by atoms with E-state index in [2.05, 4.69) is 0 Å². The molecule has 1 fully saturated rings. The van der Waals surface area contributed by atoms with Gasteiger partial charge in [0.15, 0.2) is 0 Å². The molecule has 1 aromatic heterocycles. The second-order valence-corrected chi connectivity index (χ2v) is 7.82. The molecule has 4 rings (SSSR count). The molecule has 0 bridgehead atoms. The average molecular weight is 347 g/mol. The van der Waals surface area contributed by atoms with E-state index in [4.69, 9.17) is 10.7 Å². The van der Waals surface area contributed by atoms with Crippen LogP contribution >= 0.6 is 0 Å². The summed E-state index contributed by atoms with van der Waals surface area (Å²) >= 11 is 0. The summed E-state index contributed by atoms with van der Waals surface area (Å²) in [6.07, 6.45) is 1.23. The van der Waals surface area contributed by atoms with Gasteiger partial charge in [-0.3, -0.25) is 9.36 Å². The molecule has 25 heavy (non-hydrogen) atoms. The van der Waals surface area contributed by atoms with Crippen molar-refractivity contribution in [1.82, 2.24) is 9.55 Å². The Hall–Kier alpha value is -1.82. The van der Waals surface area contributed by atoms with Gasteiger partial charge in [-0.25, -0.2) is 13.8 Å². The van der Waals surface area contributed by atoms with E-state index in [1.165, 1.54) is 0 Å². The van der Waals surface area contributed by atoms with Gasteiger partial charge in [0.2, 0.25) is 5.92 Å². The van der Waals surface area contributed by atoms with Crippen molar-refractivity contribution in [3.05, 3.63) is 39.4 Å². The first kappa shape index (κ1) is 16.6. The fourth-order valence-corrected chi connectivity index (χ4v) is 4.47. The minimum absolute atomic E-state index is 0.0696. The minimum atomic E-state index is -2.59. The van der Waals surface area contributed by atoms with Crippen LogP contribution in [0.5, 0.6) is 0 Å². The summed E-state index contributed by atoms with van der Waals surface area (Å²) in [5.41, 5.74) is 8.09. The van der Waals surface area contributed by atoms with Gasteiger partial charge in [-0.05, 0) is 50.3 Å². The molecule has 0 saturated heterocycles. The molecular weight excluding hydrogens is 324 g/mol. The van der Waals surface area contributed by atoms with E-state index >= 15 is 0 Å². The zero-order chi connectivity index (χ0) is 18.0. The van der Waals surface area contributed by atoms with Crippen molar-refractivity contribution in [2.24, 2.45) is 5.73 Å². The van der Waals surface area contributed by atoms with Crippen molar-refractivity contribution < 1.29 is 8.78 Å². The van der Waals surface area contributed by atoms with E-state index in [0.29, 0.717) is 42.5 Å². The van der Waals surface area contributed by atoms with E-state index in [9.17, 15) is 13.6 Å². The molecule has 0 unspecified atom stereocenters. The third kappa shape index (κ3) is 2.49. The van der Waals surface area contributed by atoms with Crippen LogP contribution in [0, 0.1) is 6.92 Å². The van der Waals surface area contributed by atoms with Crippen LogP contribution in [0.1, 0.15) is 62.0 Å². The Morgan fingerprint density at radius 1 is 1.20 bits per heavy atom. The molecule has 2 heterocycles. The van der Waals surface area contributed by atoms with Crippen LogP contribution in [0.25, 0.3) is 10.9 Å². The van der Waals surface area contributed by atoms with Gasteiger partial charge < -0.3 is 5.73 Å². The fraction of sp³-hybridized carbons (Fsp3) is 0.579. The molecule has 2 aliphatic rings. The monoisotopic (exact) mass is 347 g/mol. The summed E-state index contributed by atoms with van der Waals surface area (Å²) < 4.78 is 29.0. The fourth-order valence-electron chi connectivity index (χ4n) is 4.47. The molecule has 1 aliphatic carbocycles. The molecule has 1 spiro atoms. The van der Waals surface area contributed by atoms with E-state index in [0.717, 1.165) is 11.1 Å². The second kappa shape index (κ2) is 5.34. The molecule has 0 radical (unpaired) electrons. The van der Waals surface area contributed by atoms with Gasteiger partial charge in [0.1, 0.15) is 5.82 Å². The molecular formula is C19H23F2N3O. The highest BCUT2D eigenvalue weighted by Crippen LogP contribution is 2.49. The molecule has 1 aromatic carbocycles. The summed E-state index contributed by atoms with van der Waals surface area (Å²) in [4.78, 5) is 17.9. The van der Waals surface area contributed by atoms with Crippen molar-refractivity contribution in [3.8, 4) is 0 Å². The van der Waals surface area contributed by atoms with E-state index in [-0.39, 0.29) is 24.4 Å². The van der Waals surface area contributed by atoms with Crippen LogP contribution in [0.3, 0.4) is 0 Å². The number of alkyl halides is 2. The Labute approximate surface area is 145 Å². The smallest absolute Gasteiger partial charge is 0.261 e. The predicted octanol–water partition coefficient (Wildman–Crippen LogP) is 3.58. The summed E-state index contributed by atoms with van der Waals surface area (Å²) in [6.45, 7) is 4.37. The van der Waals surface area contributed by atoms with Crippen LogP contribution in [-0.2, 0) is 12.0 Å². The quantitative estimate of drug-likeness (QED) is 0.858. The van der Waals surface area contributed by atoms with Crippen molar-refractivity contribution in [1.29, 1.82) is 0 Å². The molecule has 4 nitrogen and oxygen atoms in total. The zero-order valence-corrected chi connectivity index (χ0v) is 14.6. The third-order valence-electron chi connectivity index (χ3n) is 5.95.